The third kappa shape index (κ3) is 2.34. The van der Waals surface area contributed by atoms with E-state index in [0.29, 0.717) is 33.5 Å². The molecule has 0 fully saturated rings. The number of ketones is 2. The topological polar surface area (TPSA) is 101 Å². The summed E-state index contributed by atoms with van der Waals surface area (Å²) in [6, 6.07) is 8.30. The third-order valence-corrected chi connectivity index (χ3v) is 4.16. The van der Waals surface area contributed by atoms with Crippen LogP contribution in [0.25, 0.3) is 0 Å². The van der Waals surface area contributed by atoms with E-state index in [4.69, 9.17) is 5.73 Å². The van der Waals surface area contributed by atoms with Crippen molar-refractivity contribution < 1.29 is 19.8 Å². The van der Waals surface area contributed by atoms with Gasteiger partial charge >= 0.3 is 0 Å². The van der Waals surface area contributed by atoms with E-state index < -0.39 is 0 Å². The Bertz CT molecular complexity index is 811. The molecule has 0 heterocycles. The molecule has 0 aromatic heterocycles. The number of aliphatic hydroxyl groups excluding tert-OH is 2. The summed E-state index contributed by atoms with van der Waals surface area (Å²) in [7, 11) is 0. The summed E-state index contributed by atoms with van der Waals surface area (Å²) < 4.78 is 0. The number of hydrogen-bond acceptors (Lipinski definition) is 5. The van der Waals surface area contributed by atoms with Gasteiger partial charge in [0, 0.05) is 41.2 Å². The van der Waals surface area contributed by atoms with Gasteiger partial charge in [-0.3, -0.25) is 9.59 Å². The lowest BCUT2D eigenvalue weighted by Crippen LogP contribution is -2.25. The predicted molar refractivity (Wildman–Crippen MR) is 85.7 cm³/mol. The zero-order valence-electron chi connectivity index (χ0n) is 12.5. The first-order valence-electron chi connectivity index (χ1n) is 7.44. The van der Waals surface area contributed by atoms with Gasteiger partial charge in [0.2, 0.25) is 0 Å². The summed E-state index contributed by atoms with van der Waals surface area (Å²) in [5.74, 6) is -0.497. The first kappa shape index (κ1) is 15.4. The minimum Gasteiger partial charge on any atom is -0.398 e. The Morgan fingerprint density at radius 1 is 0.870 bits per heavy atom. The number of anilines is 1. The van der Waals surface area contributed by atoms with Crippen LogP contribution in [0, 0.1) is 0 Å². The van der Waals surface area contributed by atoms with E-state index in [1.807, 2.05) is 0 Å². The Hall–Kier alpha value is -2.50. The minimum absolute atomic E-state index is 0.145. The van der Waals surface area contributed by atoms with Gasteiger partial charge < -0.3 is 15.9 Å². The van der Waals surface area contributed by atoms with Crippen molar-refractivity contribution in [3.63, 3.8) is 0 Å². The van der Waals surface area contributed by atoms with Crippen LogP contribution in [-0.2, 0) is 12.8 Å². The molecule has 0 atom stereocenters. The van der Waals surface area contributed by atoms with Gasteiger partial charge in [-0.1, -0.05) is 24.3 Å². The highest BCUT2D eigenvalue weighted by Gasteiger charge is 2.34. The molecule has 0 unspecified atom stereocenters. The number of nitrogen functional groups attached to an aromatic ring is 1. The van der Waals surface area contributed by atoms with Gasteiger partial charge in [-0.15, -0.1) is 0 Å². The second kappa shape index (κ2) is 5.95. The van der Waals surface area contributed by atoms with Crippen LogP contribution in [0.5, 0.6) is 0 Å². The molecule has 1 aliphatic carbocycles. The molecule has 1 aliphatic rings. The molecule has 2 aromatic rings. The van der Waals surface area contributed by atoms with Crippen molar-refractivity contribution in [3.05, 3.63) is 63.7 Å². The Morgan fingerprint density at radius 3 is 2.00 bits per heavy atom. The maximum Gasteiger partial charge on any atom is 0.194 e. The first-order valence-corrected chi connectivity index (χ1v) is 7.44. The van der Waals surface area contributed by atoms with E-state index in [1.165, 1.54) is 0 Å². The van der Waals surface area contributed by atoms with E-state index in [-0.39, 0.29) is 43.2 Å². The number of rotatable bonds is 4. The van der Waals surface area contributed by atoms with E-state index in [2.05, 4.69) is 0 Å². The average molecular weight is 311 g/mol. The standard InChI is InChI=1S/C18H17NO4/c19-14-9-10(5-7-20)15-16(13(14)6-8-21)18(23)12-4-2-1-3-11(12)17(15)22/h1-4,9,20-21H,5-8,19H2. The normalized spacial score (nSPS) is 13.0. The van der Waals surface area contributed by atoms with Crippen molar-refractivity contribution >= 4 is 17.3 Å². The summed E-state index contributed by atoms with van der Waals surface area (Å²) >= 11 is 0. The van der Waals surface area contributed by atoms with Crippen LogP contribution in [0.4, 0.5) is 5.69 Å². The Balaban J connectivity index is 2.34. The second-order valence-corrected chi connectivity index (χ2v) is 5.50. The molecule has 0 aliphatic heterocycles. The van der Waals surface area contributed by atoms with Crippen molar-refractivity contribution in [1.29, 1.82) is 0 Å². The summed E-state index contributed by atoms with van der Waals surface area (Å²) in [6.45, 7) is -0.312. The lowest BCUT2D eigenvalue weighted by Gasteiger charge is -2.24. The second-order valence-electron chi connectivity index (χ2n) is 5.50. The van der Waals surface area contributed by atoms with Crippen molar-refractivity contribution in [2.45, 2.75) is 12.8 Å². The van der Waals surface area contributed by atoms with Crippen molar-refractivity contribution in [3.8, 4) is 0 Å². The van der Waals surface area contributed by atoms with E-state index in [1.54, 1.807) is 30.3 Å². The quantitative estimate of drug-likeness (QED) is 0.627. The van der Waals surface area contributed by atoms with Gasteiger partial charge in [0.05, 0.1) is 0 Å². The molecule has 23 heavy (non-hydrogen) atoms. The zero-order chi connectivity index (χ0) is 16.6. The Labute approximate surface area is 133 Å². The number of hydrogen-bond donors (Lipinski definition) is 3. The highest BCUT2D eigenvalue weighted by atomic mass is 16.3. The molecule has 4 N–H and O–H groups in total. The number of fused-ring (bicyclic) bond motifs is 2. The fourth-order valence-electron chi connectivity index (χ4n) is 3.16. The van der Waals surface area contributed by atoms with E-state index in [0.717, 1.165) is 0 Å². The molecular formula is C18H17NO4. The number of aliphatic hydroxyl groups is 2. The summed E-state index contributed by atoms with van der Waals surface area (Å²) in [5.41, 5.74) is 8.75. The highest BCUT2D eigenvalue weighted by Crippen LogP contribution is 2.35. The van der Waals surface area contributed by atoms with Crippen LogP contribution in [0.3, 0.4) is 0 Å². The molecule has 0 saturated heterocycles. The average Bonchev–Trinajstić information content (AvgIpc) is 2.55. The maximum atomic E-state index is 12.9. The molecule has 5 nitrogen and oxygen atoms in total. The predicted octanol–water partition coefficient (Wildman–Crippen LogP) is 1.11. The molecule has 5 heteroatoms. The molecule has 2 aromatic carbocycles. The van der Waals surface area contributed by atoms with Crippen LogP contribution in [0.15, 0.2) is 30.3 Å². The summed E-state index contributed by atoms with van der Waals surface area (Å²) in [6.07, 6.45) is 0.446. The van der Waals surface area contributed by atoms with E-state index in [9.17, 15) is 19.8 Å². The lowest BCUT2D eigenvalue weighted by molar-refractivity contribution is 0.0977. The number of carbonyl (C=O) groups excluding carboxylic acids is 2. The molecule has 0 amide bonds. The minimum atomic E-state index is -0.259. The summed E-state index contributed by atoms with van der Waals surface area (Å²) in [5, 5.41) is 18.5. The number of benzene rings is 2. The number of carbonyl (C=O) groups is 2. The molecule has 118 valence electrons. The SMILES string of the molecule is Nc1cc(CCO)c2c(c1CCO)C(=O)c1ccccc1C2=O. The Kier molecular flexibility index (Phi) is 3.98. The third-order valence-electron chi connectivity index (χ3n) is 4.16. The fraction of sp³-hybridized carbons (Fsp3) is 0.222. The van der Waals surface area contributed by atoms with Crippen molar-refractivity contribution in [2.24, 2.45) is 0 Å². The van der Waals surface area contributed by atoms with Crippen molar-refractivity contribution in [2.75, 3.05) is 18.9 Å². The largest absolute Gasteiger partial charge is 0.398 e. The van der Waals surface area contributed by atoms with Gasteiger partial charge in [-0.2, -0.15) is 0 Å². The summed E-state index contributed by atoms with van der Waals surface area (Å²) in [4.78, 5) is 25.8. The van der Waals surface area contributed by atoms with Crippen LogP contribution in [-0.4, -0.2) is 35.0 Å². The van der Waals surface area contributed by atoms with Gasteiger partial charge in [0.1, 0.15) is 0 Å². The molecule has 0 spiro atoms. The van der Waals surface area contributed by atoms with Gasteiger partial charge in [0.25, 0.3) is 0 Å². The van der Waals surface area contributed by atoms with Crippen LogP contribution < -0.4 is 5.73 Å². The first-order chi connectivity index (χ1) is 11.1. The molecular weight excluding hydrogens is 294 g/mol. The van der Waals surface area contributed by atoms with Crippen molar-refractivity contribution in [1.82, 2.24) is 0 Å². The molecule has 0 radical (unpaired) electrons. The molecule has 0 bridgehead atoms. The molecule has 3 rings (SSSR count). The molecule has 0 saturated carbocycles. The van der Waals surface area contributed by atoms with Gasteiger partial charge in [0.15, 0.2) is 11.6 Å². The van der Waals surface area contributed by atoms with Gasteiger partial charge in [-0.25, -0.2) is 0 Å². The number of nitrogens with two attached hydrogens (primary N) is 1. The monoisotopic (exact) mass is 311 g/mol. The lowest BCUT2D eigenvalue weighted by atomic mass is 9.78. The van der Waals surface area contributed by atoms with Gasteiger partial charge in [-0.05, 0) is 30.0 Å². The zero-order valence-corrected chi connectivity index (χ0v) is 12.5. The van der Waals surface area contributed by atoms with E-state index >= 15 is 0 Å². The fourth-order valence-corrected chi connectivity index (χ4v) is 3.16. The van der Waals surface area contributed by atoms with Crippen LogP contribution >= 0.6 is 0 Å². The maximum absolute atomic E-state index is 12.9. The highest BCUT2D eigenvalue weighted by molar-refractivity contribution is 6.29. The Morgan fingerprint density at radius 2 is 1.43 bits per heavy atom. The van der Waals surface area contributed by atoms with Crippen LogP contribution in [0.1, 0.15) is 43.0 Å². The van der Waals surface area contributed by atoms with Crippen LogP contribution in [0.2, 0.25) is 0 Å². The smallest absolute Gasteiger partial charge is 0.194 e.